The molecule has 0 saturated heterocycles. The summed E-state index contributed by atoms with van der Waals surface area (Å²) < 4.78 is 20.8. The van der Waals surface area contributed by atoms with Crippen molar-refractivity contribution in [1.29, 1.82) is 0 Å². The Morgan fingerprint density at radius 3 is 1.91 bits per heavy atom. The highest BCUT2D eigenvalue weighted by atomic mass is 19.1. The number of aryl methyl sites for hydroxylation is 1. The van der Waals surface area contributed by atoms with Gasteiger partial charge in [0.1, 0.15) is 11.6 Å². The summed E-state index contributed by atoms with van der Waals surface area (Å²) in [7, 11) is 0. The third-order valence-corrected chi connectivity index (χ3v) is 9.41. The standard InChI is InChI=1S/C40H53FO2/c1-3-5-7-9-10-11-13-15-32-18-22-35(23-19-32)38-29-26-36(30-39(38)41)40(42)43-37-27-24-34(25-28-37)33-20-16-31(17-21-33)14-12-8-6-4-2/h16-17,20-21,24-30,32,35H,3-15,18-19,22-23H2,1-2H3. The maximum atomic E-state index is 15.2. The van der Waals surface area contributed by atoms with E-state index in [9.17, 15) is 4.79 Å². The first-order chi connectivity index (χ1) is 21.1. The second-order valence-electron chi connectivity index (χ2n) is 12.8. The van der Waals surface area contributed by atoms with E-state index < -0.39 is 5.97 Å². The van der Waals surface area contributed by atoms with Crippen LogP contribution in [0.3, 0.4) is 0 Å². The molecule has 1 aliphatic carbocycles. The van der Waals surface area contributed by atoms with Gasteiger partial charge in [-0.1, -0.05) is 127 Å². The molecule has 0 aromatic heterocycles. The molecule has 232 valence electrons. The van der Waals surface area contributed by atoms with Crippen molar-refractivity contribution in [1.82, 2.24) is 0 Å². The van der Waals surface area contributed by atoms with Gasteiger partial charge in [0.15, 0.2) is 0 Å². The third-order valence-electron chi connectivity index (χ3n) is 9.41. The maximum absolute atomic E-state index is 15.2. The number of ether oxygens (including phenoxy) is 1. The Morgan fingerprint density at radius 1 is 0.698 bits per heavy atom. The van der Waals surface area contributed by atoms with Crippen LogP contribution < -0.4 is 4.74 Å². The summed E-state index contributed by atoms with van der Waals surface area (Å²) in [6, 6.07) is 21.2. The van der Waals surface area contributed by atoms with Crippen molar-refractivity contribution in [3.63, 3.8) is 0 Å². The van der Waals surface area contributed by atoms with Crippen LogP contribution in [0.25, 0.3) is 11.1 Å². The lowest BCUT2D eigenvalue weighted by Gasteiger charge is -2.29. The second kappa shape index (κ2) is 18.0. The summed E-state index contributed by atoms with van der Waals surface area (Å²) in [5.74, 6) is 0.691. The van der Waals surface area contributed by atoms with Gasteiger partial charge in [0.05, 0.1) is 5.56 Å². The molecule has 1 saturated carbocycles. The Morgan fingerprint density at radius 2 is 1.28 bits per heavy atom. The first-order valence-electron chi connectivity index (χ1n) is 17.3. The molecule has 2 nitrogen and oxygen atoms in total. The van der Waals surface area contributed by atoms with Crippen LogP contribution in [0, 0.1) is 11.7 Å². The minimum atomic E-state index is -0.524. The molecule has 0 aliphatic heterocycles. The highest BCUT2D eigenvalue weighted by Gasteiger charge is 2.25. The molecule has 0 atom stereocenters. The van der Waals surface area contributed by atoms with Crippen LogP contribution in [0.1, 0.15) is 144 Å². The fourth-order valence-corrected chi connectivity index (χ4v) is 6.64. The molecule has 1 aliphatic rings. The average Bonchev–Trinajstić information content (AvgIpc) is 3.04. The van der Waals surface area contributed by atoms with Gasteiger partial charge in [-0.15, -0.1) is 0 Å². The molecule has 0 bridgehead atoms. The number of carbonyl (C=O) groups excluding carboxylic acids is 1. The zero-order valence-electron chi connectivity index (χ0n) is 26.7. The number of carbonyl (C=O) groups is 1. The van der Waals surface area contributed by atoms with Crippen molar-refractivity contribution in [2.45, 2.75) is 129 Å². The van der Waals surface area contributed by atoms with E-state index in [0.29, 0.717) is 5.75 Å². The van der Waals surface area contributed by atoms with Crippen molar-refractivity contribution in [3.8, 4) is 16.9 Å². The number of hydrogen-bond acceptors (Lipinski definition) is 2. The summed E-state index contributed by atoms with van der Waals surface area (Å²) in [5, 5.41) is 0. The van der Waals surface area contributed by atoms with E-state index in [1.807, 2.05) is 30.3 Å². The number of esters is 1. The normalized spacial score (nSPS) is 16.7. The largest absolute Gasteiger partial charge is 0.423 e. The van der Waals surface area contributed by atoms with Gasteiger partial charge < -0.3 is 4.74 Å². The number of rotatable bonds is 17. The van der Waals surface area contributed by atoms with Crippen LogP contribution in [-0.4, -0.2) is 5.97 Å². The van der Waals surface area contributed by atoms with E-state index in [1.54, 1.807) is 6.07 Å². The fourth-order valence-electron chi connectivity index (χ4n) is 6.64. The molecule has 0 heterocycles. The lowest BCUT2D eigenvalue weighted by molar-refractivity contribution is 0.0734. The first-order valence-corrected chi connectivity index (χ1v) is 17.3. The van der Waals surface area contributed by atoms with Crippen LogP contribution in [0.2, 0.25) is 0 Å². The van der Waals surface area contributed by atoms with Crippen molar-refractivity contribution >= 4 is 5.97 Å². The molecule has 0 radical (unpaired) electrons. The predicted octanol–water partition coefficient (Wildman–Crippen LogP) is 12.2. The molecule has 0 unspecified atom stereocenters. The smallest absolute Gasteiger partial charge is 0.343 e. The second-order valence-corrected chi connectivity index (χ2v) is 12.8. The van der Waals surface area contributed by atoms with Gasteiger partial charge in [-0.3, -0.25) is 0 Å². The molecule has 0 N–H and O–H groups in total. The molecule has 4 rings (SSSR count). The minimum Gasteiger partial charge on any atom is -0.423 e. The number of hydrogen-bond donors (Lipinski definition) is 0. The van der Waals surface area contributed by atoms with E-state index >= 15 is 4.39 Å². The molecule has 43 heavy (non-hydrogen) atoms. The van der Waals surface area contributed by atoms with Gasteiger partial charge in [0.2, 0.25) is 0 Å². The predicted molar refractivity (Wildman–Crippen MR) is 178 cm³/mol. The summed E-state index contributed by atoms with van der Waals surface area (Å²) in [5.41, 5.74) is 4.59. The van der Waals surface area contributed by atoms with Gasteiger partial charge in [-0.2, -0.15) is 0 Å². The third kappa shape index (κ3) is 10.6. The van der Waals surface area contributed by atoms with Gasteiger partial charge in [0.25, 0.3) is 0 Å². The number of benzene rings is 3. The van der Waals surface area contributed by atoms with E-state index in [1.165, 1.54) is 102 Å². The topological polar surface area (TPSA) is 26.3 Å². The zero-order chi connectivity index (χ0) is 30.3. The van der Waals surface area contributed by atoms with Crippen molar-refractivity contribution in [2.24, 2.45) is 5.92 Å². The van der Waals surface area contributed by atoms with Crippen LogP contribution in [-0.2, 0) is 6.42 Å². The molecule has 1 fully saturated rings. The average molecular weight is 585 g/mol. The van der Waals surface area contributed by atoms with Gasteiger partial charge >= 0.3 is 5.97 Å². The zero-order valence-corrected chi connectivity index (χ0v) is 26.7. The maximum Gasteiger partial charge on any atom is 0.343 e. The lowest BCUT2D eigenvalue weighted by Crippen LogP contribution is -2.15. The summed E-state index contributed by atoms with van der Waals surface area (Å²) in [6.45, 7) is 4.50. The van der Waals surface area contributed by atoms with Crippen molar-refractivity contribution in [2.75, 3.05) is 0 Å². The Hall–Kier alpha value is -2.94. The molecule has 0 spiro atoms. The van der Waals surface area contributed by atoms with E-state index in [2.05, 4.69) is 38.1 Å². The van der Waals surface area contributed by atoms with Crippen LogP contribution in [0.5, 0.6) is 5.75 Å². The lowest BCUT2D eigenvalue weighted by atomic mass is 9.76. The molecular formula is C40H53FO2. The van der Waals surface area contributed by atoms with Gasteiger partial charge in [0, 0.05) is 0 Å². The first kappa shape index (κ1) is 33.0. The molecule has 3 aromatic rings. The van der Waals surface area contributed by atoms with Crippen LogP contribution in [0.4, 0.5) is 4.39 Å². The Labute approximate surface area is 260 Å². The van der Waals surface area contributed by atoms with E-state index in [0.717, 1.165) is 41.9 Å². The monoisotopic (exact) mass is 584 g/mol. The van der Waals surface area contributed by atoms with Gasteiger partial charge in [-0.25, -0.2) is 9.18 Å². The highest BCUT2D eigenvalue weighted by molar-refractivity contribution is 5.91. The molecule has 3 heteroatoms. The minimum absolute atomic E-state index is 0.248. The highest BCUT2D eigenvalue weighted by Crippen LogP contribution is 2.39. The van der Waals surface area contributed by atoms with Crippen molar-refractivity contribution < 1.29 is 13.9 Å². The Balaban J connectivity index is 1.22. The molecule has 3 aromatic carbocycles. The molecule has 0 amide bonds. The summed E-state index contributed by atoms with van der Waals surface area (Å²) in [6.07, 6.45) is 21.5. The Kier molecular flexibility index (Phi) is 13.8. The Bertz CT molecular complexity index is 1220. The van der Waals surface area contributed by atoms with Crippen LogP contribution >= 0.6 is 0 Å². The van der Waals surface area contributed by atoms with Gasteiger partial charge in [-0.05, 0) is 96.9 Å². The summed E-state index contributed by atoms with van der Waals surface area (Å²) >= 11 is 0. The number of unbranched alkanes of at least 4 members (excludes halogenated alkanes) is 9. The number of halogens is 1. The van der Waals surface area contributed by atoms with E-state index in [-0.39, 0.29) is 17.3 Å². The van der Waals surface area contributed by atoms with Crippen molar-refractivity contribution in [3.05, 3.63) is 89.2 Å². The molecular weight excluding hydrogens is 531 g/mol. The quantitative estimate of drug-likeness (QED) is 0.0896. The van der Waals surface area contributed by atoms with E-state index in [4.69, 9.17) is 4.74 Å². The summed E-state index contributed by atoms with van der Waals surface area (Å²) in [4.78, 5) is 12.8. The fraction of sp³-hybridized carbons (Fsp3) is 0.525. The van der Waals surface area contributed by atoms with Crippen LogP contribution in [0.15, 0.2) is 66.7 Å². The SMILES string of the molecule is CCCCCCCCCC1CCC(c2ccc(C(=O)Oc3ccc(-c4ccc(CCCCCC)cc4)cc3)cc2F)CC1.